The summed E-state index contributed by atoms with van der Waals surface area (Å²) >= 11 is 3.94. The molecule has 0 aliphatic heterocycles. The molecule has 0 radical (unpaired) electrons. The van der Waals surface area contributed by atoms with Crippen molar-refractivity contribution < 1.29 is 4.79 Å². The van der Waals surface area contributed by atoms with Gasteiger partial charge in [0.1, 0.15) is 0 Å². The summed E-state index contributed by atoms with van der Waals surface area (Å²) in [6.45, 7) is 20.4. The van der Waals surface area contributed by atoms with Gasteiger partial charge in [0.25, 0.3) is 0 Å². The Kier molecular flexibility index (Phi) is 9.23. The fourth-order valence-corrected chi connectivity index (χ4v) is 5.36. The predicted octanol–water partition coefficient (Wildman–Crippen LogP) is 5.34. The highest BCUT2D eigenvalue weighted by molar-refractivity contribution is 8.18. The first kappa shape index (κ1) is 21.9. The van der Waals surface area contributed by atoms with Crippen LogP contribution in [0.4, 0.5) is 0 Å². The summed E-state index contributed by atoms with van der Waals surface area (Å²) in [4.78, 5) is 11.1. The zero-order valence-electron chi connectivity index (χ0n) is 15.5. The van der Waals surface area contributed by atoms with Crippen LogP contribution in [0, 0.1) is 10.8 Å². The van der Waals surface area contributed by atoms with E-state index in [9.17, 15) is 4.79 Å². The Morgan fingerprint density at radius 1 is 1.05 bits per heavy atom. The summed E-state index contributed by atoms with van der Waals surface area (Å²) in [5, 5.41) is 2.82. The molecule has 0 aromatic carbocycles. The lowest BCUT2D eigenvalue weighted by Crippen LogP contribution is -2.25. The number of nitrogens with one attached hydrogen (secondary N) is 1. The molecule has 130 valence electrons. The topological polar surface area (TPSA) is 29.1 Å². The average molecular weight is 346 g/mol. The van der Waals surface area contributed by atoms with E-state index in [1.54, 1.807) is 0 Å². The minimum Gasteiger partial charge on any atom is -0.352 e. The normalized spacial score (nSPS) is 13.0. The van der Waals surface area contributed by atoms with Crippen molar-refractivity contribution >= 4 is 29.4 Å². The number of thioether (sulfide) groups is 2. The number of rotatable bonds is 10. The lowest BCUT2D eigenvalue weighted by atomic mass is 9.75. The molecule has 1 amide bonds. The molecule has 0 fully saturated rings. The Labute approximate surface area is 146 Å². The van der Waals surface area contributed by atoms with Crippen LogP contribution >= 0.6 is 23.5 Å². The Bertz CT molecular complexity index is 357. The van der Waals surface area contributed by atoms with Crippen LogP contribution in [-0.4, -0.2) is 28.0 Å². The molecule has 0 saturated heterocycles. The quantitative estimate of drug-likeness (QED) is 0.329. The number of carbonyl (C=O) groups is 1. The molecular weight excluding hydrogens is 310 g/mol. The monoisotopic (exact) mass is 345 g/mol. The summed E-state index contributed by atoms with van der Waals surface area (Å²) < 4.78 is 0.191. The van der Waals surface area contributed by atoms with Gasteiger partial charge in [-0.15, -0.1) is 23.5 Å². The van der Waals surface area contributed by atoms with Gasteiger partial charge in [0.05, 0.1) is 4.08 Å². The fourth-order valence-electron chi connectivity index (χ4n) is 2.68. The van der Waals surface area contributed by atoms with Gasteiger partial charge >= 0.3 is 0 Å². The second-order valence-corrected chi connectivity index (χ2v) is 11.9. The highest BCUT2D eigenvalue weighted by Crippen LogP contribution is 2.41. The van der Waals surface area contributed by atoms with E-state index >= 15 is 0 Å². The second kappa shape index (κ2) is 9.27. The van der Waals surface area contributed by atoms with Gasteiger partial charge in [-0.25, -0.2) is 0 Å². The smallest absolute Gasteiger partial charge is 0.243 e. The number of amides is 1. The molecule has 0 aliphatic rings. The van der Waals surface area contributed by atoms with E-state index in [4.69, 9.17) is 0 Å². The van der Waals surface area contributed by atoms with E-state index in [-0.39, 0.29) is 9.99 Å². The number of hydrogen-bond donors (Lipinski definition) is 1. The van der Waals surface area contributed by atoms with Crippen LogP contribution in [-0.2, 0) is 4.79 Å². The molecule has 1 N–H and O–H groups in total. The van der Waals surface area contributed by atoms with Crippen molar-refractivity contribution in [2.24, 2.45) is 10.8 Å². The Balaban J connectivity index is 4.01. The second-order valence-electron chi connectivity index (χ2n) is 8.24. The molecule has 0 rings (SSSR count). The molecule has 4 heteroatoms. The maximum Gasteiger partial charge on any atom is 0.243 e. The van der Waals surface area contributed by atoms with Crippen LogP contribution < -0.4 is 5.32 Å². The van der Waals surface area contributed by atoms with Gasteiger partial charge in [-0.3, -0.25) is 4.79 Å². The van der Waals surface area contributed by atoms with Crippen molar-refractivity contribution in [1.82, 2.24) is 5.32 Å². The summed E-state index contributed by atoms with van der Waals surface area (Å²) in [5.74, 6) is 2.03. The van der Waals surface area contributed by atoms with Crippen molar-refractivity contribution in [3.8, 4) is 0 Å². The first-order valence-corrected chi connectivity index (χ1v) is 10.0. The van der Waals surface area contributed by atoms with Crippen molar-refractivity contribution in [3.63, 3.8) is 0 Å². The van der Waals surface area contributed by atoms with E-state index in [0.29, 0.717) is 17.4 Å². The zero-order valence-corrected chi connectivity index (χ0v) is 17.2. The standard InChI is InChI=1S/C18H35NOS2/c1-9-15(20)19-11-13-22-18(7,8)21-12-10-17(5,6)14-16(2,3)4/h9H,1,10-14H2,2-8H3,(H,19,20). The molecule has 0 atom stereocenters. The highest BCUT2D eigenvalue weighted by atomic mass is 32.2. The first-order chi connectivity index (χ1) is 9.87. The first-order valence-electron chi connectivity index (χ1n) is 8.05. The van der Waals surface area contributed by atoms with E-state index in [0.717, 1.165) is 5.75 Å². The molecule has 22 heavy (non-hydrogen) atoms. The van der Waals surface area contributed by atoms with Crippen LogP contribution in [0.1, 0.15) is 61.3 Å². The molecule has 0 aromatic heterocycles. The summed E-state index contributed by atoms with van der Waals surface area (Å²) in [6, 6.07) is 0. The number of hydrogen-bond acceptors (Lipinski definition) is 3. The minimum atomic E-state index is -0.0880. The minimum absolute atomic E-state index is 0.0880. The molecule has 0 heterocycles. The van der Waals surface area contributed by atoms with Crippen LogP contribution in [0.3, 0.4) is 0 Å². The molecule has 0 aromatic rings. The van der Waals surface area contributed by atoms with E-state index < -0.39 is 0 Å². The molecular formula is C18H35NOS2. The van der Waals surface area contributed by atoms with Crippen LogP contribution in [0.5, 0.6) is 0 Å². The van der Waals surface area contributed by atoms with Gasteiger partial charge in [-0.2, -0.15) is 0 Å². The van der Waals surface area contributed by atoms with Crippen LogP contribution in [0.2, 0.25) is 0 Å². The lowest BCUT2D eigenvalue weighted by molar-refractivity contribution is -0.116. The van der Waals surface area contributed by atoms with Crippen LogP contribution in [0.15, 0.2) is 12.7 Å². The summed E-state index contributed by atoms with van der Waals surface area (Å²) in [5.41, 5.74) is 0.783. The van der Waals surface area contributed by atoms with E-state index in [1.165, 1.54) is 24.7 Å². The fraction of sp³-hybridized carbons (Fsp3) is 0.833. The Morgan fingerprint density at radius 2 is 1.59 bits per heavy atom. The van der Waals surface area contributed by atoms with Crippen molar-refractivity contribution in [1.29, 1.82) is 0 Å². The van der Waals surface area contributed by atoms with Gasteiger partial charge in [-0.1, -0.05) is 41.2 Å². The van der Waals surface area contributed by atoms with E-state index in [2.05, 4.69) is 60.4 Å². The van der Waals surface area contributed by atoms with Gasteiger partial charge in [0.2, 0.25) is 5.91 Å². The highest BCUT2D eigenvalue weighted by Gasteiger charge is 2.26. The van der Waals surface area contributed by atoms with Gasteiger partial charge < -0.3 is 5.32 Å². The molecule has 0 spiro atoms. The van der Waals surface area contributed by atoms with Gasteiger partial charge in [-0.05, 0) is 49.3 Å². The van der Waals surface area contributed by atoms with Crippen LogP contribution in [0.25, 0.3) is 0 Å². The van der Waals surface area contributed by atoms with Crippen molar-refractivity contribution in [2.75, 3.05) is 18.1 Å². The molecule has 0 bridgehead atoms. The number of carbonyl (C=O) groups excluding carboxylic acids is 1. The SMILES string of the molecule is C=CC(=O)NCCSC(C)(C)SCCC(C)(C)CC(C)(C)C. The third-order valence-electron chi connectivity index (χ3n) is 3.27. The summed E-state index contributed by atoms with van der Waals surface area (Å²) in [7, 11) is 0. The molecule has 0 aliphatic carbocycles. The largest absolute Gasteiger partial charge is 0.352 e. The Morgan fingerprint density at radius 3 is 2.09 bits per heavy atom. The molecule has 2 nitrogen and oxygen atoms in total. The maximum absolute atomic E-state index is 11.1. The lowest BCUT2D eigenvalue weighted by Gasteiger charge is -2.33. The maximum atomic E-state index is 11.1. The summed E-state index contributed by atoms with van der Waals surface area (Å²) in [6.07, 6.45) is 3.82. The Hall–Kier alpha value is -0.0900. The van der Waals surface area contributed by atoms with Gasteiger partial charge in [0.15, 0.2) is 0 Å². The predicted molar refractivity (Wildman–Crippen MR) is 105 cm³/mol. The molecule has 0 unspecified atom stereocenters. The van der Waals surface area contributed by atoms with E-state index in [1.807, 2.05) is 23.5 Å². The zero-order chi connectivity index (χ0) is 17.4. The average Bonchev–Trinajstić information content (AvgIpc) is 2.30. The molecule has 0 saturated carbocycles. The van der Waals surface area contributed by atoms with Crippen molar-refractivity contribution in [2.45, 2.75) is 65.4 Å². The third kappa shape index (κ3) is 12.5. The third-order valence-corrected chi connectivity index (χ3v) is 6.19. The van der Waals surface area contributed by atoms with Gasteiger partial charge in [0, 0.05) is 12.3 Å². The van der Waals surface area contributed by atoms with Crippen molar-refractivity contribution in [3.05, 3.63) is 12.7 Å².